The lowest BCUT2D eigenvalue weighted by molar-refractivity contribution is 0.0752. The highest BCUT2D eigenvalue weighted by molar-refractivity contribution is 5.99. The minimum atomic E-state index is -0.618. The van der Waals surface area contributed by atoms with Crippen LogP contribution in [-0.2, 0) is 0 Å². The Balaban J connectivity index is 2.37. The zero-order valence-corrected chi connectivity index (χ0v) is 12.9. The molecule has 0 atom stereocenters. The lowest BCUT2D eigenvalue weighted by atomic mass is 10.1. The van der Waals surface area contributed by atoms with Crippen molar-refractivity contribution in [2.24, 2.45) is 0 Å². The normalized spacial score (nSPS) is 11.0. The maximum atomic E-state index is 12.3. The van der Waals surface area contributed by atoms with Crippen molar-refractivity contribution in [1.29, 1.82) is 0 Å². The minimum Gasteiger partial charge on any atom is -0.505 e. The fourth-order valence-electron chi connectivity index (χ4n) is 2.03. The molecule has 0 heterocycles. The maximum absolute atomic E-state index is 12.3. The summed E-state index contributed by atoms with van der Waals surface area (Å²) < 4.78 is 0. The molecule has 0 unspecified atom stereocenters. The first-order valence-electron chi connectivity index (χ1n) is 6.91. The van der Waals surface area contributed by atoms with Crippen LogP contribution in [0.4, 0.5) is 11.4 Å². The molecule has 0 aromatic heterocycles. The number of rotatable bonds is 4. The van der Waals surface area contributed by atoms with Gasteiger partial charge in [0.25, 0.3) is 5.91 Å². The molecule has 0 bridgehead atoms. The molecular weight excluding hydrogens is 284 g/mol. The van der Waals surface area contributed by atoms with Gasteiger partial charge >= 0.3 is 0 Å². The summed E-state index contributed by atoms with van der Waals surface area (Å²) in [4.78, 5) is 36.5. The van der Waals surface area contributed by atoms with E-state index in [0.717, 1.165) is 0 Å². The molecule has 0 aliphatic heterocycles. The number of phenols is 1. The summed E-state index contributed by atoms with van der Waals surface area (Å²) in [5, 5.41) is 13.0. The summed E-state index contributed by atoms with van der Waals surface area (Å²) in [6.07, 6.45) is 0. The van der Waals surface area contributed by atoms with E-state index in [9.17, 15) is 19.5 Å². The van der Waals surface area contributed by atoms with Gasteiger partial charge in [-0.05, 0) is 32.9 Å². The number of benzene rings is 1. The van der Waals surface area contributed by atoms with E-state index in [0.29, 0.717) is 5.56 Å². The van der Waals surface area contributed by atoms with Crippen LogP contribution in [0, 0.1) is 6.92 Å². The summed E-state index contributed by atoms with van der Waals surface area (Å²) in [7, 11) is 1.65. The van der Waals surface area contributed by atoms with E-state index in [4.69, 9.17) is 0 Å². The van der Waals surface area contributed by atoms with E-state index in [1.807, 2.05) is 13.8 Å². The molecule has 6 heteroatoms. The number of hydrogen-bond acceptors (Lipinski definition) is 5. The fourth-order valence-corrected chi connectivity index (χ4v) is 2.03. The molecule has 0 aliphatic carbocycles. The largest absolute Gasteiger partial charge is 0.505 e. The number of nitrogens with one attached hydrogen (secondary N) is 1. The molecule has 1 amide bonds. The van der Waals surface area contributed by atoms with Gasteiger partial charge in [0.05, 0.1) is 16.9 Å². The van der Waals surface area contributed by atoms with Gasteiger partial charge < -0.3 is 15.3 Å². The molecule has 0 saturated carbocycles. The second-order valence-corrected chi connectivity index (χ2v) is 5.49. The molecule has 2 aromatic rings. The van der Waals surface area contributed by atoms with E-state index in [-0.39, 0.29) is 34.6 Å². The highest BCUT2D eigenvalue weighted by Gasteiger charge is 2.22. The van der Waals surface area contributed by atoms with Crippen LogP contribution < -0.4 is 16.2 Å². The highest BCUT2D eigenvalue weighted by Crippen LogP contribution is 2.31. The van der Waals surface area contributed by atoms with Crippen molar-refractivity contribution in [2.75, 3.05) is 12.4 Å². The van der Waals surface area contributed by atoms with Crippen LogP contribution in [0.2, 0.25) is 0 Å². The average molecular weight is 302 g/mol. The molecule has 2 aromatic carbocycles. The van der Waals surface area contributed by atoms with Crippen LogP contribution in [0.25, 0.3) is 0 Å². The van der Waals surface area contributed by atoms with Crippen molar-refractivity contribution in [3.63, 3.8) is 0 Å². The van der Waals surface area contributed by atoms with Gasteiger partial charge in [0, 0.05) is 18.7 Å². The Labute approximate surface area is 127 Å². The van der Waals surface area contributed by atoms with Crippen LogP contribution in [0.3, 0.4) is 0 Å². The van der Waals surface area contributed by atoms with Crippen molar-refractivity contribution in [3.05, 3.63) is 49.8 Å². The number of carbonyl (C=O) groups is 1. The first-order chi connectivity index (χ1) is 10.3. The van der Waals surface area contributed by atoms with E-state index in [1.165, 1.54) is 24.0 Å². The predicted octanol–water partition coefficient (Wildman–Crippen LogP) is 1.52. The Morgan fingerprint density at radius 3 is 2.41 bits per heavy atom. The quantitative estimate of drug-likeness (QED) is 0.660. The average Bonchev–Trinajstić information content (AvgIpc) is 2.51. The Hall–Kier alpha value is -2.63. The molecule has 22 heavy (non-hydrogen) atoms. The number of hydrogen-bond donors (Lipinski definition) is 2. The van der Waals surface area contributed by atoms with E-state index in [2.05, 4.69) is 5.32 Å². The molecular formula is C16H18N2O4. The zero-order valence-electron chi connectivity index (χ0n) is 12.9. The van der Waals surface area contributed by atoms with E-state index >= 15 is 0 Å². The van der Waals surface area contributed by atoms with Gasteiger partial charge in [-0.1, -0.05) is 6.07 Å². The monoisotopic (exact) mass is 302 g/mol. The van der Waals surface area contributed by atoms with Gasteiger partial charge in [-0.15, -0.1) is 0 Å². The second-order valence-electron chi connectivity index (χ2n) is 5.49. The number of amides is 1. The molecule has 0 saturated heterocycles. The lowest BCUT2D eigenvalue weighted by Gasteiger charge is -2.22. The number of anilines is 2. The molecule has 6 nitrogen and oxygen atoms in total. The lowest BCUT2D eigenvalue weighted by Crippen LogP contribution is -2.36. The SMILES string of the molecule is Cc1c(Nc2cccc(C(=O)N(C)C(C)C)c2O)c(=O)c1=O. The van der Waals surface area contributed by atoms with Gasteiger partial charge in [-0.3, -0.25) is 14.4 Å². The molecule has 0 aliphatic rings. The fraction of sp³-hybridized carbons (Fsp3) is 0.312. The Bertz CT molecular complexity index is 801. The third-order valence-corrected chi connectivity index (χ3v) is 3.77. The van der Waals surface area contributed by atoms with Gasteiger partial charge in [0.1, 0.15) is 0 Å². The number of phenolic OH excluding ortho intramolecular Hbond substituents is 1. The zero-order chi connectivity index (χ0) is 16.6. The predicted molar refractivity (Wildman–Crippen MR) is 84.7 cm³/mol. The molecule has 0 spiro atoms. The summed E-state index contributed by atoms with van der Waals surface area (Å²) in [5.41, 5.74) is -0.319. The highest BCUT2D eigenvalue weighted by atomic mass is 16.3. The topological polar surface area (TPSA) is 86.7 Å². The van der Waals surface area contributed by atoms with Crippen LogP contribution in [0.5, 0.6) is 5.75 Å². The first kappa shape index (κ1) is 15.8. The smallest absolute Gasteiger partial charge is 0.257 e. The number of aromatic hydroxyl groups is 1. The third kappa shape index (κ3) is 2.47. The van der Waals surface area contributed by atoms with Crippen molar-refractivity contribution in [1.82, 2.24) is 4.90 Å². The molecule has 0 radical (unpaired) electrons. The summed E-state index contributed by atoms with van der Waals surface area (Å²) in [5.74, 6) is -0.565. The number of nitrogens with zero attached hydrogens (tertiary/aromatic N) is 1. The van der Waals surface area contributed by atoms with Crippen LogP contribution >= 0.6 is 0 Å². The Morgan fingerprint density at radius 1 is 1.23 bits per heavy atom. The molecule has 0 fully saturated rings. The standard InChI is InChI=1S/C16H18N2O4/c1-8(2)18(4)16(22)10-6-5-7-11(14(10)20)17-12-9(3)13(19)15(12)21/h5-8,17,20H,1-4H3. The molecule has 2 rings (SSSR count). The van der Waals surface area contributed by atoms with Crippen molar-refractivity contribution in [3.8, 4) is 5.75 Å². The van der Waals surface area contributed by atoms with Crippen LogP contribution in [0.15, 0.2) is 27.8 Å². The number of carbonyl (C=O) groups excluding carboxylic acids is 1. The van der Waals surface area contributed by atoms with Crippen LogP contribution in [-0.4, -0.2) is 29.0 Å². The Kier molecular flexibility index (Phi) is 4.03. The third-order valence-electron chi connectivity index (χ3n) is 3.77. The van der Waals surface area contributed by atoms with Crippen LogP contribution in [0.1, 0.15) is 29.8 Å². The van der Waals surface area contributed by atoms with Gasteiger partial charge in [-0.25, -0.2) is 0 Å². The maximum Gasteiger partial charge on any atom is 0.257 e. The van der Waals surface area contributed by atoms with E-state index < -0.39 is 10.9 Å². The second kappa shape index (κ2) is 5.63. The molecule has 2 N–H and O–H groups in total. The van der Waals surface area contributed by atoms with E-state index in [1.54, 1.807) is 13.1 Å². The Morgan fingerprint density at radius 2 is 1.86 bits per heavy atom. The van der Waals surface area contributed by atoms with Crippen molar-refractivity contribution in [2.45, 2.75) is 26.8 Å². The summed E-state index contributed by atoms with van der Waals surface area (Å²) >= 11 is 0. The summed E-state index contributed by atoms with van der Waals surface area (Å²) in [6, 6.07) is 4.64. The van der Waals surface area contributed by atoms with Gasteiger partial charge in [-0.2, -0.15) is 0 Å². The van der Waals surface area contributed by atoms with Crippen molar-refractivity contribution >= 4 is 17.3 Å². The van der Waals surface area contributed by atoms with Gasteiger partial charge in [0.15, 0.2) is 5.75 Å². The summed E-state index contributed by atoms with van der Waals surface area (Å²) in [6.45, 7) is 5.26. The van der Waals surface area contributed by atoms with Gasteiger partial charge in [0.2, 0.25) is 10.9 Å². The molecule has 116 valence electrons. The first-order valence-corrected chi connectivity index (χ1v) is 6.91. The minimum absolute atomic E-state index is 0.0145. The number of para-hydroxylation sites is 1. The van der Waals surface area contributed by atoms with Crippen molar-refractivity contribution < 1.29 is 9.90 Å².